The molecule has 3 atom stereocenters. The quantitative estimate of drug-likeness (QED) is 0.294. The summed E-state index contributed by atoms with van der Waals surface area (Å²) >= 11 is 1.79. The Morgan fingerprint density at radius 2 is 1.97 bits per heavy atom. The molecular weight excluding hydrogens is 468 g/mol. The Hall–Kier alpha value is -2.71. The van der Waals surface area contributed by atoms with Crippen molar-refractivity contribution in [2.45, 2.75) is 63.9 Å². The Balaban J connectivity index is 1.22. The standard InChI is InChI=1S/C29H36N4O2S/c1-18-6-7-23(33-24-15-30-16-24)14-27(18)29(35)32-19(2)20-4-3-5-21(12-20)28-11-10-26(36-28)17-31-22-8-9-25(34)13-22/h3-7,10-12,14,19,22,24-25,30-31,33-34H,8-9,13,15-17H2,1-2H3,(H,32,35)/t19?,22-,25+/m0/s1. The molecule has 2 aromatic carbocycles. The van der Waals surface area contributed by atoms with Crippen molar-refractivity contribution >= 4 is 22.9 Å². The van der Waals surface area contributed by atoms with Crippen LogP contribution in [-0.4, -0.2) is 42.3 Å². The molecule has 190 valence electrons. The minimum absolute atomic E-state index is 0.0534. The van der Waals surface area contributed by atoms with Crippen LogP contribution in [0.1, 0.15) is 58.6 Å². The maximum atomic E-state index is 13.2. The SMILES string of the molecule is Cc1ccc(NC2CNC2)cc1C(=O)NC(C)c1cccc(-c2ccc(CN[C@H]3CC[C@@H](O)C3)s2)c1. The molecule has 36 heavy (non-hydrogen) atoms. The summed E-state index contributed by atoms with van der Waals surface area (Å²) in [5.74, 6) is -0.0534. The predicted octanol–water partition coefficient (Wildman–Crippen LogP) is 4.60. The average Bonchev–Trinajstić information content (AvgIpc) is 3.50. The van der Waals surface area contributed by atoms with Crippen LogP contribution in [0.4, 0.5) is 5.69 Å². The largest absolute Gasteiger partial charge is 0.393 e. The van der Waals surface area contributed by atoms with E-state index in [1.807, 2.05) is 32.0 Å². The smallest absolute Gasteiger partial charge is 0.252 e. The van der Waals surface area contributed by atoms with Crippen LogP contribution in [-0.2, 0) is 6.54 Å². The summed E-state index contributed by atoms with van der Waals surface area (Å²) < 4.78 is 0. The summed E-state index contributed by atoms with van der Waals surface area (Å²) in [6.07, 6.45) is 2.64. The summed E-state index contributed by atoms with van der Waals surface area (Å²) in [6.45, 7) is 6.76. The highest BCUT2D eigenvalue weighted by Gasteiger charge is 2.22. The fourth-order valence-electron chi connectivity index (χ4n) is 4.92. The van der Waals surface area contributed by atoms with Crippen LogP contribution in [0, 0.1) is 6.92 Å². The van der Waals surface area contributed by atoms with Crippen LogP contribution in [0.15, 0.2) is 54.6 Å². The van der Waals surface area contributed by atoms with E-state index in [0.717, 1.165) is 61.3 Å². The van der Waals surface area contributed by atoms with Gasteiger partial charge in [0.05, 0.1) is 18.2 Å². The number of aliphatic hydroxyl groups is 1. The van der Waals surface area contributed by atoms with E-state index in [0.29, 0.717) is 17.6 Å². The van der Waals surface area contributed by atoms with E-state index in [2.05, 4.69) is 57.7 Å². The number of benzene rings is 2. The maximum absolute atomic E-state index is 13.2. The lowest BCUT2D eigenvalue weighted by atomic mass is 10.0. The molecule has 1 aromatic heterocycles. The number of nitrogens with one attached hydrogen (secondary N) is 4. The predicted molar refractivity (Wildman–Crippen MR) is 148 cm³/mol. The highest BCUT2D eigenvalue weighted by atomic mass is 32.1. The first-order valence-corrected chi connectivity index (χ1v) is 13.8. The molecule has 0 bridgehead atoms. The van der Waals surface area contributed by atoms with Crippen molar-refractivity contribution < 1.29 is 9.90 Å². The van der Waals surface area contributed by atoms with Crippen molar-refractivity contribution in [3.63, 3.8) is 0 Å². The molecule has 5 N–H and O–H groups in total. The van der Waals surface area contributed by atoms with Gasteiger partial charge >= 0.3 is 0 Å². The van der Waals surface area contributed by atoms with Crippen molar-refractivity contribution in [2.75, 3.05) is 18.4 Å². The Labute approximate surface area is 217 Å². The van der Waals surface area contributed by atoms with Gasteiger partial charge in [-0.25, -0.2) is 0 Å². The van der Waals surface area contributed by atoms with E-state index in [1.54, 1.807) is 11.3 Å². The van der Waals surface area contributed by atoms with Crippen molar-refractivity contribution in [2.24, 2.45) is 0 Å². The topological polar surface area (TPSA) is 85.4 Å². The van der Waals surface area contributed by atoms with Gasteiger partial charge in [-0.15, -0.1) is 11.3 Å². The number of anilines is 1. The van der Waals surface area contributed by atoms with Gasteiger partial charge in [0, 0.05) is 46.7 Å². The minimum Gasteiger partial charge on any atom is -0.393 e. The Bertz CT molecular complexity index is 1210. The number of aliphatic hydroxyl groups excluding tert-OH is 1. The van der Waals surface area contributed by atoms with E-state index < -0.39 is 0 Å². The van der Waals surface area contributed by atoms with Gasteiger partial charge in [0.15, 0.2) is 0 Å². The molecule has 6 nitrogen and oxygen atoms in total. The molecule has 1 aliphatic carbocycles. The van der Waals surface area contributed by atoms with Crippen molar-refractivity contribution in [3.8, 4) is 10.4 Å². The van der Waals surface area contributed by atoms with E-state index in [9.17, 15) is 9.90 Å². The van der Waals surface area contributed by atoms with E-state index in [-0.39, 0.29) is 18.1 Å². The zero-order chi connectivity index (χ0) is 25.1. The van der Waals surface area contributed by atoms with Gasteiger partial charge in [0.2, 0.25) is 0 Å². The van der Waals surface area contributed by atoms with Crippen LogP contribution in [0.3, 0.4) is 0 Å². The molecule has 1 saturated carbocycles. The summed E-state index contributed by atoms with van der Waals surface area (Å²) in [5.41, 5.74) is 4.91. The van der Waals surface area contributed by atoms with E-state index in [1.165, 1.54) is 9.75 Å². The third-order valence-corrected chi connectivity index (χ3v) is 8.42. The number of thiophene rings is 1. The molecule has 2 aliphatic rings. The van der Waals surface area contributed by atoms with Gasteiger partial charge in [0.25, 0.3) is 5.91 Å². The normalized spacial score (nSPS) is 20.6. The van der Waals surface area contributed by atoms with E-state index >= 15 is 0 Å². The maximum Gasteiger partial charge on any atom is 0.252 e. The van der Waals surface area contributed by atoms with Gasteiger partial charge < -0.3 is 26.4 Å². The number of hydrogen-bond acceptors (Lipinski definition) is 6. The lowest BCUT2D eigenvalue weighted by Crippen LogP contribution is -2.51. The molecule has 5 rings (SSSR count). The zero-order valence-electron chi connectivity index (χ0n) is 21.0. The van der Waals surface area contributed by atoms with Crippen LogP contribution >= 0.6 is 11.3 Å². The summed E-state index contributed by atoms with van der Waals surface area (Å²) in [5, 5.41) is 23.3. The number of aryl methyl sites for hydroxylation is 1. The number of rotatable bonds is 9. The second-order valence-electron chi connectivity index (χ2n) is 10.2. The van der Waals surface area contributed by atoms with Crippen LogP contribution in [0.25, 0.3) is 10.4 Å². The molecule has 7 heteroatoms. The number of carbonyl (C=O) groups is 1. The molecule has 1 unspecified atom stereocenters. The fourth-order valence-corrected chi connectivity index (χ4v) is 5.87. The highest BCUT2D eigenvalue weighted by molar-refractivity contribution is 7.15. The third kappa shape index (κ3) is 5.98. The van der Waals surface area contributed by atoms with Gasteiger partial charge in [0.1, 0.15) is 0 Å². The number of amides is 1. The first-order chi connectivity index (χ1) is 17.4. The Kier molecular flexibility index (Phi) is 7.72. The third-order valence-electron chi connectivity index (χ3n) is 7.28. The second-order valence-corrected chi connectivity index (χ2v) is 11.3. The highest BCUT2D eigenvalue weighted by Crippen LogP contribution is 2.30. The van der Waals surface area contributed by atoms with Crippen LogP contribution in [0.5, 0.6) is 0 Å². The van der Waals surface area contributed by atoms with Crippen molar-refractivity contribution in [1.82, 2.24) is 16.0 Å². The summed E-state index contributed by atoms with van der Waals surface area (Å²) in [4.78, 5) is 15.7. The van der Waals surface area contributed by atoms with Gasteiger partial charge in [-0.1, -0.05) is 24.3 Å². The molecule has 1 aliphatic heterocycles. The average molecular weight is 505 g/mol. The van der Waals surface area contributed by atoms with Crippen LogP contribution < -0.4 is 21.3 Å². The molecule has 1 saturated heterocycles. The molecule has 1 amide bonds. The summed E-state index contributed by atoms with van der Waals surface area (Å²) in [6, 6.07) is 19.5. The first-order valence-electron chi connectivity index (χ1n) is 12.9. The monoisotopic (exact) mass is 504 g/mol. The Morgan fingerprint density at radius 1 is 1.11 bits per heavy atom. The molecule has 2 heterocycles. The van der Waals surface area contributed by atoms with Gasteiger partial charge in [-0.05, 0) is 80.1 Å². The van der Waals surface area contributed by atoms with Gasteiger partial charge in [-0.2, -0.15) is 0 Å². The molecule has 2 fully saturated rings. The molecule has 0 radical (unpaired) electrons. The number of hydrogen-bond donors (Lipinski definition) is 5. The Morgan fingerprint density at radius 3 is 2.72 bits per heavy atom. The van der Waals surface area contributed by atoms with Gasteiger partial charge in [-0.3, -0.25) is 4.79 Å². The second kappa shape index (κ2) is 11.1. The minimum atomic E-state index is -0.152. The first kappa shape index (κ1) is 25.0. The molecular formula is C29H36N4O2S. The lowest BCUT2D eigenvalue weighted by molar-refractivity contribution is 0.0939. The lowest BCUT2D eigenvalue weighted by Gasteiger charge is -2.29. The van der Waals surface area contributed by atoms with Crippen molar-refractivity contribution in [1.29, 1.82) is 0 Å². The number of carbonyl (C=O) groups excluding carboxylic acids is 1. The zero-order valence-corrected chi connectivity index (χ0v) is 21.8. The van der Waals surface area contributed by atoms with Crippen LogP contribution in [0.2, 0.25) is 0 Å². The molecule has 3 aromatic rings. The molecule has 0 spiro atoms. The fraction of sp³-hybridized carbons (Fsp3) is 0.414. The van der Waals surface area contributed by atoms with E-state index in [4.69, 9.17) is 0 Å². The summed E-state index contributed by atoms with van der Waals surface area (Å²) in [7, 11) is 0. The van der Waals surface area contributed by atoms with Crippen molar-refractivity contribution in [3.05, 3.63) is 76.2 Å².